The topological polar surface area (TPSA) is 29.1 Å². The number of amides is 1. The second-order valence-corrected chi connectivity index (χ2v) is 5.49. The number of nitrogens with one attached hydrogen (secondary N) is 1. The molecule has 0 heterocycles. The van der Waals surface area contributed by atoms with E-state index in [9.17, 15) is 18.0 Å². The Labute approximate surface area is 137 Å². The van der Waals surface area contributed by atoms with Gasteiger partial charge in [0.1, 0.15) is 0 Å². The molecule has 0 spiro atoms. The first-order chi connectivity index (χ1) is 10.9. The summed E-state index contributed by atoms with van der Waals surface area (Å²) < 4.78 is 38.0. The largest absolute Gasteiger partial charge is 0.416 e. The molecule has 0 radical (unpaired) electrons. The minimum atomic E-state index is -4.47. The van der Waals surface area contributed by atoms with Gasteiger partial charge in [-0.3, -0.25) is 4.79 Å². The van der Waals surface area contributed by atoms with Crippen LogP contribution in [0.1, 0.15) is 24.0 Å². The van der Waals surface area contributed by atoms with E-state index in [0.717, 1.165) is 30.2 Å². The van der Waals surface area contributed by atoms with Gasteiger partial charge in [0.15, 0.2) is 0 Å². The maximum atomic E-state index is 12.7. The highest BCUT2D eigenvalue weighted by molar-refractivity contribution is 6.33. The van der Waals surface area contributed by atoms with E-state index in [2.05, 4.69) is 5.32 Å². The molecule has 2 nitrogen and oxygen atoms in total. The number of hydrogen-bond donors (Lipinski definition) is 1. The molecule has 1 amide bonds. The summed E-state index contributed by atoms with van der Waals surface area (Å²) in [5, 5.41) is 2.52. The Hall–Kier alpha value is -2.01. The lowest BCUT2D eigenvalue weighted by Crippen LogP contribution is -2.13. The number of rotatable bonds is 5. The normalized spacial score (nSPS) is 11.3. The van der Waals surface area contributed by atoms with Gasteiger partial charge in [0.05, 0.1) is 16.3 Å². The fourth-order valence-corrected chi connectivity index (χ4v) is 2.27. The molecule has 1 N–H and O–H groups in total. The number of alkyl halides is 3. The van der Waals surface area contributed by atoms with Gasteiger partial charge in [-0.1, -0.05) is 41.9 Å². The summed E-state index contributed by atoms with van der Waals surface area (Å²) in [6.45, 7) is 0. The van der Waals surface area contributed by atoms with Crippen molar-refractivity contribution in [3.8, 4) is 0 Å². The fourth-order valence-electron chi connectivity index (χ4n) is 2.11. The zero-order valence-electron chi connectivity index (χ0n) is 12.2. The first kappa shape index (κ1) is 17.3. The van der Waals surface area contributed by atoms with Crippen LogP contribution in [0.25, 0.3) is 0 Å². The van der Waals surface area contributed by atoms with E-state index < -0.39 is 11.7 Å². The zero-order chi connectivity index (χ0) is 16.9. The lowest BCUT2D eigenvalue weighted by Gasteiger charge is -2.11. The van der Waals surface area contributed by atoms with Crippen molar-refractivity contribution in [2.24, 2.45) is 0 Å². The van der Waals surface area contributed by atoms with E-state index >= 15 is 0 Å². The predicted molar refractivity (Wildman–Crippen MR) is 84.5 cm³/mol. The molecule has 122 valence electrons. The van der Waals surface area contributed by atoms with Crippen LogP contribution in [-0.4, -0.2) is 5.91 Å². The van der Waals surface area contributed by atoms with Crippen molar-refractivity contribution in [2.75, 3.05) is 5.32 Å². The molecule has 0 saturated carbocycles. The van der Waals surface area contributed by atoms with E-state index in [0.29, 0.717) is 6.42 Å². The Bertz CT molecular complexity index is 671. The highest BCUT2D eigenvalue weighted by Crippen LogP contribution is 2.33. The first-order valence-electron chi connectivity index (χ1n) is 7.07. The number of carbonyl (C=O) groups is 1. The molecule has 23 heavy (non-hydrogen) atoms. The van der Waals surface area contributed by atoms with Crippen LogP contribution in [0.3, 0.4) is 0 Å². The van der Waals surface area contributed by atoms with Crippen molar-refractivity contribution in [3.05, 3.63) is 64.7 Å². The Morgan fingerprint density at radius 1 is 1.09 bits per heavy atom. The minimum Gasteiger partial charge on any atom is -0.325 e. The summed E-state index contributed by atoms with van der Waals surface area (Å²) >= 11 is 5.84. The Balaban J connectivity index is 1.92. The van der Waals surface area contributed by atoms with Crippen LogP contribution in [-0.2, 0) is 17.4 Å². The molecule has 2 rings (SSSR count). The van der Waals surface area contributed by atoms with Gasteiger partial charge >= 0.3 is 6.18 Å². The maximum Gasteiger partial charge on any atom is 0.416 e. The molecule has 0 atom stereocenters. The van der Waals surface area contributed by atoms with Gasteiger partial charge in [0, 0.05) is 6.42 Å². The van der Waals surface area contributed by atoms with Crippen LogP contribution < -0.4 is 5.32 Å². The van der Waals surface area contributed by atoms with Crippen LogP contribution in [0.15, 0.2) is 48.5 Å². The van der Waals surface area contributed by atoms with Crippen molar-refractivity contribution in [3.63, 3.8) is 0 Å². The molecule has 0 unspecified atom stereocenters. The Morgan fingerprint density at radius 2 is 1.78 bits per heavy atom. The third kappa shape index (κ3) is 5.28. The van der Waals surface area contributed by atoms with E-state index in [4.69, 9.17) is 11.6 Å². The summed E-state index contributed by atoms with van der Waals surface area (Å²) in [5.74, 6) is -0.359. The number of halogens is 4. The van der Waals surface area contributed by atoms with Crippen molar-refractivity contribution >= 4 is 23.2 Å². The zero-order valence-corrected chi connectivity index (χ0v) is 12.9. The summed E-state index contributed by atoms with van der Waals surface area (Å²) in [6, 6.07) is 12.5. The molecule has 0 bridgehead atoms. The van der Waals surface area contributed by atoms with Gasteiger partial charge in [-0.2, -0.15) is 13.2 Å². The maximum absolute atomic E-state index is 12.7. The Kier molecular flexibility index (Phi) is 5.66. The summed E-state index contributed by atoms with van der Waals surface area (Å²) in [4.78, 5) is 11.9. The molecule has 2 aromatic rings. The van der Waals surface area contributed by atoms with Crippen LogP contribution in [0.2, 0.25) is 5.02 Å². The molecule has 0 fully saturated rings. The van der Waals surface area contributed by atoms with E-state index in [-0.39, 0.29) is 23.0 Å². The minimum absolute atomic E-state index is 0.0220. The molecule has 0 aromatic heterocycles. The monoisotopic (exact) mass is 341 g/mol. The number of hydrogen-bond acceptors (Lipinski definition) is 1. The van der Waals surface area contributed by atoms with Gasteiger partial charge in [0.2, 0.25) is 5.91 Å². The third-order valence-electron chi connectivity index (χ3n) is 3.28. The average Bonchev–Trinajstić information content (AvgIpc) is 2.49. The molecule has 0 aliphatic heterocycles. The molecule has 0 aliphatic rings. The van der Waals surface area contributed by atoms with Gasteiger partial charge in [-0.25, -0.2) is 0 Å². The number of carbonyl (C=O) groups excluding carboxylic acids is 1. The van der Waals surface area contributed by atoms with E-state index in [1.165, 1.54) is 0 Å². The molecule has 6 heteroatoms. The predicted octanol–water partition coefficient (Wildman–Crippen LogP) is 5.32. The van der Waals surface area contributed by atoms with E-state index in [1.54, 1.807) is 0 Å². The molecular weight excluding hydrogens is 327 g/mol. The highest BCUT2D eigenvalue weighted by atomic mass is 35.5. The lowest BCUT2D eigenvalue weighted by molar-refractivity contribution is -0.137. The molecule has 2 aromatic carbocycles. The van der Waals surface area contributed by atoms with Gasteiger partial charge in [0.25, 0.3) is 0 Å². The summed E-state index contributed by atoms with van der Waals surface area (Å²) in [7, 11) is 0. The molecule has 0 saturated heterocycles. The van der Waals surface area contributed by atoms with Crippen molar-refractivity contribution in [1.82, 2.24) is 0 Å². The van der Waals surface area contributed by atoms with Gasteiger partial charge in [-0.05, 0) is 36.6 Å². The molecule has 0 aliphatic carbocycles. The van der Waals surface area contributed by atoms with Crippen LogP contribution >= 0.6 is 11.6 Å². The Morgan fingerprint density at radius 3 is 2.43 bits per heavy atom. The number of benzene rings is 2. The van der Waals surface area contributed by atoms with Crippen LogP contribution in [0.5, 0.6) is 0 Å². The van der Waals surface area contributed by atoms with Crippen molar-refractivity contribution < 1.29 is 18.0 Å². The number of aryl methyl sites for hydroxylation is 1. The van der Waals surface area contributed by atoms with Gasteiger partial charge in [-0.15, -0.1) is 0 Å². The lowest BCUT2D eigenvalue weighted by atomic mass is 10.1. The highest BCUT2D eigenvalue weighted by Gasteiger charge is 2.31. The van der Waals surface area contributed by atoms with Crippen LogP contribution in [0, 0.1) is 0 Å². The van der Waals surface area contributed by atoms with E-state index in [1.807, 2.05) is 30.3 Å². The molecular formula is C17H15ClF3NO. The summed E-state index contributed by atoms with van der Waals surface area (Å²) in [5.41, 5.74) is 0.241. The van der Waals surface area contributed by atoms with Gasteiger partial charge < -0.3 is 5.32 Å². The standard InChI is InChI=1S/C17H15ClF3NO/c18-14-10-9-13(17(19,20)21)11-15(14)22-16(23)8-4-7-12-5-2-1-3-6-12/h1-3,5-6,9-11H,4,7-8H2,(H,22,23). The second kappa shape index (κ2) is 7.51. The first-order valence-corrected chi connectivity index (χ1v) is 7.44. The smallest absolute Gasteiger partial charge is 0.325 e. The quantitative estimate of drug-likeness (QED) is 0.783. The van der Waals surface area contributed by atoms with Crippen molar-refractivity contribution in [1.29, 1.82) is 0 Å². The SMILES string of the molecule is O=C(CCCc1ccccc1)Nc1cc(C(F)(F)F)ccc1Cl. The summed E-state index contributed by atoms with van der Waals surface area (Å²) in [6.07, 6.45) is -2.93. The van der Waals surface area contributed by atoms with Crippen molar-refractivity contribution in [2.45, 2.75) is 25.4 Å². The number of anilines is 1. The second-order valence-electron chi connectivity index (χ2n) is 5.08. The fraction of sp³-hybridized carbons (Fsp3) is 0.235. The average molecular weight is 342 g/mol. The third-order valence-corrected chi connectivity index (χ3v) is 3.61. The van der Waals surface area contributed by atoms with Crippen LogP contribution in [0.4, 0.5) is 18.9 Å².